The maximum Gasteiger partial charge on any atom is 0.306 e. The zero-order valence-corrected chi connectivity index (χ0v) is 43.4. The average molecular weight is 892 g/mol. The third kappa shape index (κ3) is 49.7. The van der Waals surface area contributed by atoms with Crippen molar-refractivity contribution in [3.05, 3.63) is 0 Å². The molecule has 6 heteroatoms. The summed E-state index contributed by atoms with van der Waals surface area (Å²) in [4.78, 5) is 38.0. The standard InChI is InChI=1S/C57H110O6/c1-7-53(6)45-39-33-26-22-18-14-11-12-15-19-23-27-34-40-46-55(58)61-49-54(50-62-56(59)47-41-35-30-29-32-38-44-52(4)5)63-57(60)48-42-36-28-24-20-16-10-8-9-13-17-21-25-31-37-43-51(2)3/h51-54H,7-50H2,1-6H3/t53?,54-/m1/s1. The number of hydrogen-bond acceptors (Lipinski definition) is 6. The molecule has 0 fully saturated rings. The zero-order chi connectivity index (χ0) is 46.3. The van der Waals surface area contributed by atoms with Crippen LogP contribution in [-0.4, -0.2) is 37.2 Å². The normalized spacial score (nSPS) is 12.6. The van der Waals surface area contributed by atoms with Crippen LogP contribution in [0.2, 0.25) is 0 Å². The molecular weight excluding hydrogens is 781 g/mol. The summed E-state index contributed by atoms with van der Waals surface area (Å²) in [6, 6.07) is 0. The van der Waals surface area contributed by atoms with Gasteiger partial charge in [0.05, 0.1) is 0 Å². The highest BCUT2D eigenvalue weighted by molar-refractivity contribution is 5.71. The Kier molecular flexibility index (Phi) is 47.1. The van der Waals surface area contributed by atoms with E-state index in [1.165, 1.54) is 193 Å². The third-order valence-electron chi connectivity index (χ3n) is 13.3. The Balaban J connectivity index is 4.23. The summed E-state index contributed by atoms with van der Waals surface area (Å²) in [6.07, 6.45) is 49.6. The van der Waals surface area contributed by atoms with E-state index in [1.807, 2.05) is 0 Å². The Morgan fingerprint density at radius 2 is 0.556 bits per heavy atom. The van der Waals surface area contributed by atoms with Crippen molar-refractivity contribution in [1.29, 1.82) is 0 Å². The molecule has 0 saturated heterocycles. The second-order valence-electron chi connectivity index (χ2n) is 20.8. The largest absolute Gasteiger partial charge is 0.462 e. The number of esters is 3. The van der Waals surface area contributed by atoms with Gasteiger partial charge in [-0.15, -0.1) is 0 Å². The lowest BCUT2D eigenvalue weighted by molar-refractivity contribution is -0.167. The molecule has 63 heavy (non-hydrogen) atoms. The quantitative estimate of drug-likeness (QED) is 0.0344. The van der Waals surface area contributed by atoms with E-state index in [1.54, 1.807) is 0 Å². The molecular formula is C57H110O6. The van der Waals surface area contributed by atoms with Gasteiger partial charge in [0.15, 0.2) is 6.10 Å². The smallest absolute Gasteiger partial charge is 0.306 e. The second-order valence-corrected chi connectivity index (χ2v) is 20.8. The molecule has 0 aliphatic heterocycles. The SMILES string of the molecule is CCC(C)CCCCCCCCCCCCCCCCC(=O)OC[C@H](COC(=O)CCCCCCCCC(C)C)OC(=O)CCCCCCCCCCCCCCCCCC(C)C. The van der Waals surface area contributed by atoms with Gasteiger partial charge in [-0.2, -0.15) is 0 Å². The fraction of sp³-hybridized carbons (Fsp3) is 0.947. The molecule has 0 aromatic heterocycles. The van der Waals surface area contributed by atoms with Gasteiger partial charge in [0.2, 0.25) is 0 Å². The van der Waals surface area contributed by atoms with Gasteiger partial charge in [0.1, 0.15) is 13.2 Å². The summed E-state index contributed by atoms with van der Waals surface area (Å²) in [5, 5.41) is 0. The summed E-state index contributed by atoms with van der Waals surface area (Å²) >= 11 is 0. The fourth-order valence-electron chi connectivity index (χ4n) is 8.61. The van der Waals surface area contributed by atoms with Crippen molar-refractivity contribution in [1.82, 2.24) is 0 Å². The predicted octanol–water partition coefficient (Wildman–Crippen LogP) is 18.3. The lowest BCUT2D eigenvalue weighted by Gasteiger charge is -2.18. The maximum absolute atomic E-state index is 12.8. The molecule has 0 saturated carbocycles. The van der Waals surface area contributed by atoms with Crippen LogP contribution in [0.5, 0.6) is 0 Å². The molecule has 0 aromatic rings. The van der Waals surface area contributed by atoms with Crippen molar-refractivity contribution >= 4 is 17.9 Å². The number of unbranched alkanes of at least 4 members (excludes halogenated alkanes) is 32. The molecule has 0 aliphatic carbocycles. The summed E-state index contributed by atoms with van der Waals surface area (Å²) in [5.74, 6) is 1.66. The molecule has 0 aliphatic rings. The molecule has 2 atom stereocenters. The Morgan fingerprint density at radius 1 is 0.317 bits per heavy atom. The zero-order valence-electron chi connectivity index (χ0n) is 43.4. The molecule has 6 nitrogen and oxygen atoms in total. The molecule has 0 bridgehead atoms. The molecule has 0 N–H and O–H groups in total. The second kappa shape index (κ2) is 48.3. The van der Waals surface area contributed by atoms with Crippen LogP contribution < -0.4 is 0 Å². The molecule has 0 aromatic carbocycles. The fourth-order valence-corrected chi connectivity index (χ4v) is 8.61. The van der Waals surface area contributed by atoms with Crippen LogP contribution in [-0.2, 0) is 28.6 Å². The first kappa shape index (κ1) is 61.4. The van der Waals surface area contributed by atoms with Gasteiger partial charge >= 0.3 is 17.9 Å². The van der Waals surface area contributed by atoms with E-state index in [0.29, 0.717) is 19.3 Å². The van der Waals surface area contributed by atoms with Crippen molar-refractivity contribution in [3.63, 3.8) is 0 Å². The number of hydrogen-bond donors (Lipinski definition) is 0. The molecule has 0 spiro atoms. The van der Waals surface area contributed by atoms with Crippen LogP contribution in [0.1, 0.15) is 311 Å². The minimum absolute atomic E-state index is 0.0646. The van der Waals surface area contributed by atoms with E-state index in [-0.39, 0.29) is 31.1 Å². The highest BCUT2D eigenvalue weighted by Gasteiger charge is 2.19. The number of rotatable bonds is 50. The van der Waals surface area contributed by atoms with E-state index < -0.39 is 6.10 Å². The van der Waals surface area contributed by atoms with Crippen LogP contribution in [0.15, 0.2) is 0 Å². The van der Waals surface area contributed by atoms with Crippen molar-refractivity contribution in [2.24, 2.45) is 17.8 Å². The van der Waals surface area contributed by atoms with Crippen molar-refractivity contribution in [2.45, 2.75) is 317 Å². The van der Waals surface area contributed by atoms with Crippen molar-refractivity contribution in [2.75, 3.05) is 13.2 Å². The molecule has 0 rings (SSSR count). The van der Waals surface area contributed by atoms with Gasteiger partial charge < -0.3 is 14.2 Å². The van der Waals surface area contributed by atoms with Crippen LogP contribution in [0.3, 0.4) is 0 Å². The summed E-state index contributed by atoms with van der Waals surface area (Å²) in [5.41, 5.74) is 0. The Bertz CT molecular complexity index is 978. The van der Waals surface area contributed by atoms with Gasteiger partial charge in [-0.05, 0) is 37.0 Å². The van der Waals surface area contributed by atoms with Crippen molar-refractivity contribution < 1.29 is 28.6 Å². The predicted molar refractivity (Wildman–Crippen MR) is 270 cm³/mol. The average Bonchev–Trinajstić information content (AvgIpc) is 3.25. The van der Waals surface area contributed by atoms with Gasteiger partial charge in [-0.1, -0.05) is 273 Å². The first-order valence-electron chi connectivity index (χ1n) is 28.1. The van der Waals surface area contributed by atoms with Crippen molar-refractivity contribution in [3.8, 4) is 0 Å². The minimum Gasteiger partial charge on any atom is -0.462 e. The number of carbonyl (C=O) groups excluding carboxylic acids is 3. The van der Waals surface area contributed by atoms with E-state index in [0.717, 1.165) is 75.5 Å². The molecule has 1 unspecified atom stereocenters. The van der Waals surface area contributed by atoms with Gasteiger partial charge in [-0.3, -0.25) is 14.4 Å². The summed E-state index contributed by atoms with van der Waals surface area (Å²) in [7, 11) is 0. The first-order chi connectivity index (χ1) is 30.6. The lowest BCUT2D eigenvalue weighted by Crippen LogP contribution is -2.30. The number of ether oxygens (including phenoxy) is 3. The lowest BCUT2D eigenvalue weighted by atomic mass is 9.99. The topological polar surface area (TPSA) is 78.9 Å². The molecule has 0 amide bonds. The van der Waals surface area contributed by atoms with Crippen LogP contribution in [0.4, 0.5) is 0 Å². The minimum atomic E-state index is -0.763. The maximum atomic E-state index is 12.8. The van der Waals surface area contributed by atoms with Gasteiger partial charge in [-0.25, -0.2) is 0 Å². The first-order valence-corrected chi connectivity index (χ1v) is 28.1. The molecule has 0 heterocycles. The molecule has 0 radical (unpaired) electrons. The van der Waals surface area contributed by atoms with Gasteiger partial charge in [0, 0.05) is 19.3 Å². The third-order valence-corrected chi connectivity index (χ3v) is 13.3. The Labute approximate surface area is 393 Å². The Hall–Kier alpha value is -1.59. The van der Waals surface area contributed by atoms with E-state index in [4.69, 9.17) is 14.2 Å². The Morgan fingerprint density at radius 3 is 0.825 bits per heavy atom. The number of carbonyl (C=O) groups is 3. The van der Waals surface area contributed by atoms with Gasteiger partial charge in [0.25, 0.3) is 0 Å². The highest BCUT2D eigenvalue weighted by atomic mass is 16.6. The van der Waals surface area contributed by atoms with E-state index >= 15 is 0 Å². The summed E-state index contributed by atoms with van der Waals surface area (Å²) in [6.45, 7) is 13.7. The monoisotopic (exact) mass is 891 g/mol. The van der Waals surface area contributed by atoms with E-state index in [2.05, 4.69) is 41.5 Å². The molecule has 374 valence electrons. The summed E-state index contributed by atoms with van der Waals surface area (Å²) < 4.78 is 16.8. The highest BCUT2D eigenvalue weighted by Crippen LogP contribution is 2.19. The van der Waals surface area contributed by atoms with Crippen LogP contribution >= 0.6 is 0 Å². The van der Waals surface area contributed by atoms with Crippen LogP contribution in [0.25, 0.3) is 0 Å². The van der Waals surface area contributed by atoms with E-state index in [9.17, 15) is 14.4 Å². The van der Waals surface area contributed by atoms with Crippen LogP contribution in [0, 0.1) is 17.8 Å².